The van der Waals surface area contributed by atoms with Crippen LogP contribution in [0.2, 0.25) is 0 Å². The summed E-state index contributed by atoms with van der Waals surface area (Å²) < 4.78 is 0.996. The lowest BCUT2D eigenvalue weighted by Gasteiger charge is -1.97. The molecule has 1 N–H and O–H groups in total. The number of benzene rings is 1. The second-order valence-electron chi connectivity index (χ2n) is 3.03. The Kier molecular flexibility index (Phi) is 1.96. The second kappa shape index (κ2) is 3.00. The predicted molar refractivity (Wildman–Crippen MR) is 56.1 cm³/mol. The van der Waals surface area contributed by atoms with Crippen molar-refractivity contribution in [2.45, 2.75) is 6.92 Å². The van der Waals surface area contributed by atoms with Gasteiger partial charge in [0.05, 0.1) is 5.52 Å². The quantitative estimate of drug-likeness (QED) is 0.761. The molecule has 2 nitrogen and oxygen atoms in total. The highest BCUT2D eigenvalue weighted by atomic mass is 79.9. The van der Waals surface area contributed by atoms with Crippen molar-refractivity contribution < 1.29 is 4.79 Å². The molecule has 2 rings (SSSR count). The van der Waals surface area contributed by atoms with Gasteiger partial charge in [0.1, 0.15) is 0 Å². The number of H-pyrrole nitrogens is 1. The van der Waals surface area contributed by atoms with Gasteiger partial charge in [0.2, 0.25) is 0 Å². The van der Waals surface area contributed by atoms with Crippen LogP contribution >= 0.6 is 15.9 Å². The van der Waals surface area contributed by atoms with E-state index in [2.05, 4.69) is 20.9 Å². The first-order valence-corrected chi connectivity index (χ1v) is 4.74. The van der Waals surface area contributed by atoms with Crippen molar-refractivity contribution in [3.63, 3.8) is 0 Å². The van der Waals surface area contributed by atoms with Gasteiger partial charge in [-0.3, -0.25) is 4.79 Å². The van der Waals surface area contributed by atoms with Crippen LogP contribution in [0.4, 0.5) is 0 Å². The van der Waals surface area contributed by atoms with Crippen LogP contribution in [0.5, 0.6) is 0 Å². The zero-order valence-electron chi connectivity index (χ0n) is 7.10. The van der Waals surface area contributed by atoms with E-state index < -0.39 is 0 Å². The van der Waals surface area contributed by atoms with E-state index in [0.29, 0.717) is 5.56 Å². The van der Waals surface area contributed by atoms with Crippen molar-refractivity contribution >= 4 is 33.1 Å². The van der Waals surface area contributed by atoms with Crippen molar-refractivity contribution in [3.8, 4) is 0 Å². The van der Waals surface area contributed by atoms with Gasteiger partial charge in [0.15, 0.2) is 6.29 Å². The molecule has 1 heterocycles. The molecule has 2 aromatic rings. The highest BCUT2D eigenvalue weighted by Gasteiger charge is 2.05. The molecule has 0 amide bonds. The minimum Gasteiger partial charge on any atom is -0.360 e. The van der Waals surface area contributed by atoms with E-state index in [9.17, 15) is 4.79 Å². The van der Waals surface area contributed by atoms with E-state index in [4.69, 9.17) is 0 Å². The number of aromatic nitrogens is 1. The second-order valence-corrected chi connectivity index (χ2v) is 3.89. The summed E-state index contributed by atoms with van der Waals surface area (Å²) in [6, 6.07) is 4.02. The largest absolute Gasteiger partial charge is 0.360 e. The van der Waals surface area contributed by atoms with Gasteiger partial charge in [0, 0.05) is 21.6 Å². The van der Waals surface area contributed by atoms with Gasteiger partial charge in [-0.2, -0.15) is 0 Å². The van der Waals surface area contributed by atoms with Gasteiger partial charge >= 0.3 is 0 Å². The van der Waals surface area contributed by atoms with Gasteiger partial charge in [-0.25, -0.2) is 0 Å². The van der Waals surface area contributed by atoms with Crippen LogP contribution in [-0.2, 0) is 0 Å². The Balaban J connectivity index is 2.89. The summed E-state index contributed by atoms with van der Waals surface area (Å²) >= 11 is 3.44. The first kappa shape index (κ1) is 8.51. The third-order valence-electron chi connectivity index (χ3n) is 2.04. The zero-order valence-corrected chi connectivity index (χ0v) is 8.68. The summed E-state index contributed by atoms with van der Waals surface area (Å²) in [6.45, 7) is 2.01. The highest BCUT2D eigenvalue weighted by Crippen LogP contribution is 2.26. The predicted octanol–water partition coefficient (Wildman–Crippen LogP) is 3.05. The Labute approximate surface area is 84.1 Å². The van der Waals surface area contributed by atoms with Crippen LogP contribution in [0.1, 0.15) is 15.9 Å². The van der Waals surface area contributed by atoms with Crippen molar-refractivity contribution in [2.24, 2.45) is 0 Å². The van der Waals surface area contributed by atoms with E-state index in [-0.39, 0.29) is 0 Å². The molecule has 0 saturated heterocycles. The number of aldehydes is 1. The maximum Gasteiger partial charge on any atom is 0.152 e. The maximum absolute atomic E-state index is 10.7. The van der Waals surface area contributed by atoms with Crippen molar-refractivity contribution in [1.29, 1.82) is 0 Å². The number of nitrogens with one attached hydrogen (secondary N) is 1. The number of hydrogen-bond donors (Lipinski definition) is 1. The molecule has 0 aliphatic carbocycles. The van der Waals surface area contributed by atoms with Crippen LogP contribution in [0.25, 0.3) is 10.9 Å². The van der Waals surface area contributed by atoms with Crippen LogP contribution in [0.3, 0.4) is 0 Å². The molecule has 0 spiro atoms. The summed E-state index contributed by atoms with van der Waals surface area (Å²) in [7, 11) is 0. The molecule has 13 heavy (non-hydrogen) atoms. The molecule has 3 heteroatoms. The molecule has 0 aliphatic rings. The number of hydrogen-bond acceptors (Lipinski definition) is 1. The van der Waals surface area contributed by atoms with Gasteiger partial charge in [-0.15, -0.1) is 0 Å². The molecular weight excluding hydrogens is 230 g/mol. The van der Waals surface area contributed by atoms with Gasteiger partial charge in [-0.05, 0) is 40.5 Å². The Morgan fingerprint density at radius 2 is 2.23 bits per heavy atom. The molecule has 0 radical (unpaired) electrons. The summed E-state index contributed by atoms with van der Waals surface area (Å²) in [5, 5.41) is 0.974. The molecule has 0 unspecified atom stereocenters. The van der Waals surface area contributed by atoms with E-state index in [1.54, 1.807) is 6.20 Å². The van der Waals surface area contributed by atoms with Crippen molar-refractivity contribution in [2.75, 3.05) is 0 Å². The Morgan fingerprint density at radius 1 is 1.46 bits per heavy atom. The fourth-order valence-electron chi connectivity index (χ4n) is 1.44. The van der Waals surface area contributed by atoms with Gasteiger partial charge < -0.3 is 4.98 Å². The fraction of sp³-hybridized carbons (Fsp3) is 0.100. The molecule has 1 aromatic carbocycles. The number of aryl methyl sites for hydroxylation is 1. The number of carbonyl (C=O) groups excluding carboxylic acids is 1. The number of halogens is 1. The van der Waals surface area contributed by atoms with Crippen LogP contribution < -0.4 is 0 Å². The van der Waals surface area contributed by atoms with E-state index >= 15 is 0 Å². The maximum atomic E-state index is 10.7. The minimum absolute atomic E-state index is 0.708. The first-order valence-electron chi connectivity index (χ1n) is 3.95. The average molecular weight is 238 g/mol. The lowest BCUT2D eigenvalue weighted by molar-refractivity contribution is 0.112. The molecule has 0 aliphatic heterocycles. The minimum atomic E-state index is 0.708. The molecule has 0 bridgehead atoms. The highest BCUT2D eigenvalue weighted by molar-refractivity contribution is 9.10. The van der Waals surface area contributed by atoms with Gasteiger partial charge in [0.25, 0.3) is 0 Å². The average Bonchev–Trinajstić information content (AvgIpc) is 2.47. The number of aromatic amines is 1. The Morgan fingerprint density at radius 3 is 2.92 bits per heavy atom. The summed E-state index contributed by atoms with van der Waals surface area (Å²) in [5.74, 6) is 0. The molecule has 0 fully saturated rings. The summed E-state index contributed by atoms with van der Waals surface area (Å²) in [5.41, 5.74) is 2.83. The Hall–Kier alpha value is -1.09. The lowest BCUT2D eigenvalue weighted by Crippen LogP contribution is -1.78. The monoisotopic (exact) mass is 237 g/mol. The van der Waals surface area contributed by atoms with E-state index in [1.165, 1.54) is 0 Å². The number of rotatable bonds is 1. The Bertz CT molecular complexity index is 473. The topological polar surface area (TPSA) is 32.9 Å². The summed E-state index contributed by atoms with van der Waals surface area (Å²) in [4.78, 5) is 13.7. The fourth-order valence-corrected chi connectivity index (χ4v) is 2.13. The summed E-state index contributed by atoms with van der Waals surface area (Å²) in [6.07, 6.45) is 2.59. The first-order chi connectivity index (χ1) is 6.22. The molecule has 1 aromatic heterocycles. The van der Waals surface area contributed by atoms with Gasteiger partial charge in [-0.1, -0.05) is 0 Å². The van der Waals surface area contributed by atoms with E-state index in [0.717, 1.165) is 27.2 Å². The van der Waals surface area contributed by atoms with E-state index in [1.807, 2.05) is 19.1 Å². The third kappa shape index (κ3) is 1.29. The molecule has 0 atom stereocenters. The van der Waals surface area contributed by atoms with Crippen LogP contribution in [0, 0.1) is 6.92 Å². The van der Waals surface area contributed by atoms with Crippen molar-refractivity contribution in [1.82, 2.24) is 4.98 Å². The zero-order chi connectivity index (χ0) is 9.42. The number of carbonyl (C=O) groups is 1. The molecular formula is C10H8BrNO. The lowest BCUT2D eigenvalue weighted by atomic mass is 10.1. The smallest absolute Gasteiger partial charge is 0.152 e. The van der Waals surface area contributed by atoms with Crippen molar-refractivity contribution in [3.05, 3.63) is 33.9 Å². The molecule has 0 saturated carbocycles. The van der Waals surface area contributed by atoms with Crippen LogP contribution in [0.15, 0.2) is 22.8 Å². The number of fused-ring (bicyclic) bond motifs is 1. The standard InChI is InChI=1S/C10H8BrNO/c1-6-2-8-7(5-13)4-12-10(8)9(11)3-6/h2-5,12H,1H3. The molecule has 66 valence electrons. The SMILES string of the molecule is Cc1cc(Br)c2[nH]cc(C=O)c2c1. The normalized spacial score (nSPS) is 10.6. The van der Waals surface area contributed by atoms with Crippen LogP contribution in [-0.4, -0.2) is 11.3 Å². The third-order valence-corrected chi connectivity index (χ3v) is 2.67.